The number of halogens is 1. The highest BCUT2D eigenvalue weighted by Gasteiger charge is 2.15. The van der Waals surface area contributed by atoms with Gasteiger partial charge in [0.2, 0.25) is 0 Å². The molecule has 1 heterocycles. The van der Waals surface area contributed by atoms with Crippen LogP contribution in [0.1, 0.15) is 17.0 Å². The van der Waals surface area contributed by atoms with Crippen LogP contribution in [-0.4, -0.2) is 26.1 Å². The summed E-state index contributed by atoms with van der Waals surface area (Å²) in [6.07, 6.45) is -0.223. The normalized spacial score (nSPS) is 10.6. The number of aromatic nitrogens is 3. The van der Waals surface area contributed by atoms with E-state index < -0.39 is 11.8 Å². The lowest BCUT2D eigenvalue weighted by Gasteiger charge is -2.06. The highest BCUT2D eigenvalue weighted by Crippen LogP contribution is 2.17. The molecule has 1 N–H and O–H groups in total. The van der Waals surface area contributed by atoms with Crippen molar-refractivity contribution in [2.45, 2.75) is 20.3 Å². The third-order valence-electron chi connectivity index (χ3n) is 2.64. The molecule has 0 fully saturated rings. The topological polar surface area (TPSA) is 68.0 Å². The summed E-state index contributed by atoms with van der Waals surface area (Å²) in [6.45, 7) is 3.51. The zero-order valence-corrected chi connectivity index (χ0v) is 10.0. The van der Waals surface area contributed by atoms with E-state index in [1.54, 1.807) is 19.1 Å². The van der Waals surface area contributed by atoms with E-state index in [-0.39, 0.29) is 12.1 Å². The highest BCUT2D eigenvalue weighted by molar-refractivity contribution is 5.69. The first kappa shape index (κ1) is 12.2. The number of carbonyl (C=O) groups is 1. The molecule has 0 atom stereocenters. The van der Waals surface area contributed by atoms with Crippen LogP contribution in [0.3, 0.4) is 0 Å². The van der Waals surface area contributed by atoms with Gasteiger partial charge in [0.15, 0.2) is 0 Å². The van der Waals surface area contributed by atoms with E-state index in [0.29, 0.717) is 11.4 Å². The monoisotopic (exact) mass is 249 g/mol. The van der Waals surface area contributed by atoms with E-state index in [2.05, 4.69) is 10.3 Å². The number of rotatable bonds is 3. The van der Waals surface area contributed by atoms with Crippen LogP contribution in [-0.2, 0) is 11.2 Å². The number of carboxylic acid groups (broad SMARTS) is 1. The molecule has 1 aromatic heterocycles. The minimum absolute atomic E-state index is 0.223. The predicted octanol–water partition coefficient (Wildman–Crippen LogP) is 1.65. The molecule has 94 valence electrons. The SMILES string of the molecule is Cc1ccc(F)c(-n2nnc(CC(=O)O)c2C)c1. The average Bonchev–Trinajstić information content (AvgIpc) is 2.64. The van der Waals surface area contributed by atoms with Gasteiger partial charge in [-0.05, 0) is 31.5 Å². The number of aliphatic carboxylic acids is 1. The molecule has 0 aliphatic carbocycles. The molecule has 0 amide bonds. The van der Waals surface area contributed by atoms with Gasteiger partial charge in [0.25, 0.3) is 0 Å². The second kappa shape index (κ2) is 4.56. The molecule has 1 aromatic carbocycles. The Hall–Kier alpha value is -2.24. The van der Waals surface area contributed by atoms with E-state index >= 15 is 0 Å². The molecule has 6 heteroatoms. The van der Waals surface area contributed by atoms with Gasteiger partial charge in [-0.3, -0.25) is 4.79 Å². The molecule has 18 heavy (non-hydrogen) atoms. The fourth-order valence-electron chi connectivity index (χ4n) is 1.68. The van der Waals surface area contributed by atoms with Gasteiger partial charge < -0.3 is 5.11 Å². The van der Waals surface area contributed by atoms with Gasteiger partial charge in [-0.25, -0.2) is 9.07 Å². The molecule has 2 aromatic rings. The molecule has 5 nitrogen and oxygen atoms in total. The van der Waals surface area contributed by atoms with Crippen LogP contribution in [0.15, 0.2) is 18.2 Å². The summed E-state index contributed by atoms with van der Waals surface area (Å²) in [5.74, 6) is -1.41. The fraction of sp³-hybridized carbons (Fsp3) is 0.250. The maximum absolute atomic E-state index is 13.7. The van der Waals surface area contributed by atoms with E-state index in [0.717, 1.165) is 5.56 Å². The number of hydrogen-bond donors (Lipinski definition) is 1. The number of carboxylic acids is 1. The van der Waals surface area contributed by atoms with Crippen molar-refractivity contribution in [2.75, 3.05) is 0 Å². The summed E-state index contributed by atoms with van der Waals surface area (Å²) < 4.78 is 15.0. The van der Waals surface area contributed by atoms with Crippen molar-refractivity contribution in [3.8, 4) is 5.69 Å². The Morgan fingerprint density at radius 2 is 2.17 bits per heavy atom. The smallest absolute Gasteiger partial charge is 0.309 e. The Kier molecular flexibility index (Phi) is 3.10. The van der Waals surface area contributed by atoms with Crippen molar-refractivity contribution in [2.24, 2.45) is 0 Å². The molecule has 0 radical (unpaired) electrons. The van der Waals surface area contributed by atoms with Gasteiger partial charge in [0, 0.05) is 0 Å². The van der Waals surface area contributed by atoms with Crippen LogP contribution in [0, 0.1) is 19.7 Å². The van der Waals surface area contributed by atoms with Gasteiger partial charge in [-0.1, -0.05) is 11.3 Å². The Balaban J connectivity index is 2.48. The van der Waals surface area contributed by atoms with E-state index in [1.807, 2.05) is 6.92 Å². The molecule has 0 unspecified atom stereocenters. The number of aryl methyl sites for hydroxylation is 1. The average molecular weight is 249 g/mol. The number of hydrogen-bond acceptors (Lipinski definition) is 3. The maximum atomic E-state index is 13.7. The van der Waals surface area contributed by atoms with Gasteiger partial charge in [-0.15, -0.1) is 5.10 Å². The number of nitrogens with zero attached hydrogens (tertiary/aromatic N) is 3. The van der Waals surface area contributed by atoms with Crippen LogP contribution < -0.4 is 0 Å². The fourth-order valence-corrected chi connectivity index (χ4v) is 1.68. The van der Waals surface area contributed by atoms with Crippen LogP contribution in [0.2, 0.25) is 0 Å². The minimum Gasteiger partial charge on any atom is -0.481 e. The highest BCUT2D eigenvalue weighted by atomic mass is 19.1. The third-order valence-corrected chi connectivity index (χ3v) is 2.64. The summed E-state index contributed by atoms with van der Waals surface area (Å²) in [7, 11) is 0. The van der Waals surface area contributed by atoms with Crippen LogP contribution in [0.4, 0.5) is 4.39 Å². The summed E-state index contributed by atoms with van der Waals surface area (Å²) in [5, 5.41) is 16.3. The molecule has 0 bridgehead atoms. The van der Waals surface area contributed by atoms with Crippen LogP contribution in [0.25, 0.3) is 5.69 Å². The maximum Gasteiger partial charge on any atom is 0.309 e. The second-order valence-electron chi connectivity index (χ2n) is 4.06. The van der Waals surface area contributed by atoms with Gasteiger partial charge in [0.05, 0.1) is 17.8 Å². The van der Waals surface area contributed by atoms with Crippen molar-refractivity contribution in [1.82, 2.24) is 15.0 Å². The molecule has 0 spiro atoms. The first-order chi connectivity index (χ1) is 8.49. The van der Waals surface area contributed by atoms with Gasteiger partial charge in [-0.2, -0.15) is 0 Å². The molecule has 0 saturated heterocycles. The molecular formula is C12H12FN3O2. The second-order valence-corrected chi connectivity index (χ2v) is 4.06. The lowest BCUT2D eigenvalue weighted by atomic mass is 10.2. The zero-order valence-electron chi connectivity index (χ0n) is 10.0. The Morgan fingerprint density at radius 1 is 1.44 bits per heavy atom. The first-order valence-corrected chi connectivity index (χ1v) is 5.38. The quantitative estimate of drug-likeness (QED) is 0.898. The molecule has 0 aliphatic heterocycles. The van der Waals surface area contributed by atoms with Crippen LogP contribution >= 0.6 is 0 Å². The molecular weight excluding hydrogens is 237 g/mol. The van der Waals surface area contributed by atoms with Crippen molar-refractivity contribution in [3.63, 3.8) is 0 Å². The minimum atomic E-state index is -0.991. The summed E-state index contributed by atoms with van der Waals surface area (Å²) in [4.78, 5) is 10.6. The summed E-state index contributed by atoms with van der Waals surface area (Å²) >= 11 is 0. The number of benzene rings is 1. The Labute approximate surface area is 103 Å². The van der Waals surface area contributed by atoms with Crippen molar-refractivity contribution < 1.29 is 14.3 Å². The Bertz CT molecular complexity index is 607. The van der Waals surface area contributed by atoms with Crippen molar-refractivity contribution >= 4 is 5.97 Å². The van der Waals surface area contributed by atoms with Crippen LogP contribution in [0.5, 0.6) is 0 Å². The van der Waals surface area contributed by atoms with E-state index in [1.165, 1.54) is 10.7 Å². The van der Waals surface area contributed by atoms with E-state index in [9.17, 15) is 9.18 Å². The summed E-state index contributed by atoms with van der Waals surface area (Å²) in [6, 6.07) is 4.65. The first-order valence-electron chi connectivity index (χ1n) is 5.38. The third kappa shape index (κ3) is 2.22. The summed E-state index contributed by atoms with van der Waals surface area (Å²) in [5.41, 5.74) is 2.03. The largest absolute Gasteiger partial charge is 0.481 e. The Morgan fingerprint density at radius 3 is 2.83 bits per heavy atom. The van der Waals surface area contributed by atoms with Gasteiger partial charge >= 0.3 is 5.97 Å². The molecule has 0 saturated carbocycles. The standard InChI is InChI=1S/C12H12FN3O2/c1-7-3-4-9(13)11(5-7)16-8(2)10(14-15-16)6-12(17)18/h3-5H,6H2,1-2H3,(H,17,18). The van der Waals surface area contributed by atoms with Crippen molar-refractivity contribution in [1.29, 1.82) is 0 Å². The lowest BCUT2D eigenvalue weighted by molar-refractivity contribution is -0.136. The van der Waals surface area contributed by atoms with E-state index in [4.69, 9.17) is 5.11 Å². The van der Waals surface area contributed by atoms with Gasteiger partial charge in [0.1, 0.15) is 11.5 Å². The molecule has 2 rings (SSSR count). The predicted molar refractivity (Wildman–Crippen MR) is 62.1 cm³/mol. The lowest BCUT2D eigenvalue weighted by Crippen LogP contribution is -2.05. The molecule has 0 aliphatic rings. The zero-order chi connectivity index (χ0) is 13.3. The van der Waals surface area contributed by atoms with Crippen molar-refractivity contribution in [3.05, 3.63) is 41.0 Å².